The summed E-state index contributed by atoms with van der Waals surface area (Å²) < 4.78 is 0. The third-order valence-corrected chi connectivity index (χ3v) is 1.50. The van der Waals surface area contributed by atoms with Gasteiger partial charge in [0.1, 0.15) is 0 Å². The van der Waals surface area contributed by atoms with Crippen LogP contribution >= 0.6 is 0 Å². The minimum atomic E-state index is 0. The summed E-state index contributed by atoms with van der Waals surface area (Å²) in [4.78, 5) is 0. The van der Waals surface area contributed by atoms with Crippen LogP contribution in [-0.2, 0) is 0 Å². The Balaban J connectivity index is -0.0000000150. The molecule has 1 saturated carbocycles. The molecule has 8 heavy (non-hydrogen) atoms. The van der Waals surface area contributed by atoms with Crippen LogP contribution in [-0.4, -0.2) is 75.5 Å². The zero-order valence-electron chi connectivity index (χ0n) is 9.66. The van der Waals surface area contributed by atoms with E-state index in [2.05, 4.69) is 0 Å². The van der Waals surface area contributed by atoms with Gasteiger partial charge < -0.3 is 5.71 Å². The molecule has 0 N–H and O–H groups in total. The molecule has 0 amide bonds. The molecular formula is C6H16Ca2. The van der Waals surface area contributed by atoms with E-state index >= 15 is 0 Å². The van der Waals surface area contributed by atoms with Crippen molar-refractivity contribution in [3.8, 4) is 0 Å². The summed E-state index contributed by atoms with van der Waals surface area (Å²) in [5, 5.41) is 0. The Morgan fingerprint density at radius 1 is 0.500 bits per heavy atom. The van der Waals surface area contributed by atoms with E-state index in [9.17, 15) is 0 Å². The molecule has 0 aromatic rings. The molecular weight excluding hydrogens is 152 g/mol. The SMILES string of the molecule is C1CCCCC1.[Ca+2].[Ca+2].[H-].[H-].[H-].[H-]. The van der Waals surface area contributed by atoms with E-state index in [1.165, 1.54) is 38.5 Å². The molecule has 0 unspecified atom stereocenters. The Kier molecular flexibility index (Phi) is 15.6. The van der Waals surface area contributed by atoms with Gasteiger partial charge in [0.05, 0.1) is 0 Å². The minimum Gasteiger partial charge on any atom is -1.00 e. The number of hydrogen-bond donors (Lipinski definition) is 0. The monoisotopic (exact) mass is 168 g/mol. The van der Waals surface area contributed by atoms with Crippen LogP contribution in [0.2, 0.25) is 0 Å². The third-order valence-electron chi connectivity index (χ3n) is 1.50. The van der Waals surface area contributed by atoms with Crippen molar-refractivity contribution in [3.63, 3.8) is 0 Å². The van der Waals surface area contributed by atoms with Gasteiger partial charge in [-0.05, 0) is 0 Å². The van der Waals surface area contributed by atoms with Crippen molar-refractivity contribution in [2.45, 2.75) is 38.5 Å². The van der Waals surface area contributed by atoms with Gasteiger partial charge in [-0.15, -0.1) is 0 Å². The summed E-state index contributed by atoms with van der Waals surface area (Å²) in [5.74, 6) is 0. The van der Waals surface area contributed by atoms with E-state index in [1.807, 2.05) is 0 Å². The molecule has 0 nitrogen and oxygen atoms in total. The van der Waals surface area contributed by atoms with Crippen LogP contribution < -0.4 is 0 Å². The largest absolute Gasteiger partial charge is 2.00 e. The minimum absolute atomic E-state index is 0. The predicted molar refractivity (Wildman–Crippen MR) is 43.7 cm³/mol. The Bertz CT molecular complexity index is 33.0. The van der Waals surface area contributed by atoms with Gasteiger partial charge in [0.2, 0.25) is 0 Å². The predicted octanol–water partition coefficient (Wildman–Crippen LogP) is 2.03. The maximum absolute atomic E-state index is 1.50. The van der Waals surface area contributed by atoms with E-state index in [-0.39, 0.29) is 81.2 Å². The molecule has 44 valence electrons. The van der Waals surface area contributed by atoms with Crippen LogP contribution in [0.5, 0.6) is 0 Å². The molecule has 0 bridgehead atoms. The molecule has 1 aliphatic carbocycles. The normalized spacial score (nSPS) is 18.0. The molecule has 1 aliphatic rings. The molecule has 1 fully saturated rings. The van der Waals surface area contributed by atoms with Gasteiger partial charge in [-0.25, -0.2) is 0 Å². The average Bonchev–Trinajstić information content (AvgIpc) is 1.72. The molecule has 0 saturated heterocycles. The maximum atomic E-state index is 1.50. The first-order chi connectivity index (χ1) is 3.00. The molecule has 0 atom stereocenters. The van der Waals surface area contributed by atoms with Crippen LogP contribution in [0.4, 0.5) is 0 Å². The second kappa shape index (κ2) is 9.52. The van der Waals surface area contributed by atoms with E-state index in [0.717, 1.165) is 0 Å². The van der Waals surface area contributed by atoms with Crippen LogP contribution in [0.3, 0.4) is 0 Å². The van der Waals surface area contributed by atoms with E-state index in [1.54, 1.807) is 0 Å². The van der Waals surface area contributed by atoms with Gasteiger partial charge >= 0.3 is 75.5 Å². The van der Waals surface area contributed by atoms with Gasteiger partial charge in [0.15, 0.2) is 0 Å². The third kappa shape index (κ3) is 6.64. The van der Waals surface area contributed by atoms with E-state index < -0.39 is 0 Å². The quantitative estimate of drug-likeness (QED) is 0.486. The standard InChI is InChI=1S/C6H12.2Ca.4H/c1-2-4-6-5-3-1;;;;;;/h1-6H2;;;;;;/q;2*+2;4*-1. The van der Waals surface area contributed by atoms with Gasteiger partial charge in [0, 0.05) is 0 Å². The molecule has 0 heterocycles. The summed E-state index contributed by atoms with van der Waals surface area (Å²) in [6, 6.07) is 0. The van der Waals surface area contributed by atoms with Crippen molar-refractivity contribution in [2.75, 3.05) is 0 Å². The second-order valence-electron chi connectivity index (χ2n) is 2.12. The number of hydrogen-bond acceptors (Lipinski definition) is 0. The molecule has 0 radical (unpaired) electrons. The number of rotatable bonds is 0. The molecule has 1 rings (SSSR count). The van der Waals surface area contributed by atoms with E-state index in [4.69, 9.17) is 0 Å². The summed E-state index contributed by atoms with van der Waals surface area (Å²) in [5.41, 5.74) is 0. The fraction of sp³-hybridized carbons (Fsp3) is 1.00. The molecule has 2 heteroatoms. The molecule has 0 spiro atoms. The molecule has 0 aromatic heterocycles. The van der Waals surface area contributed by atoms with Crippen molar-refractivity contribution in [1.82, 2.24) is 0 Å². The van der Waals surface area contributed by atoms with E-state index in [0.29, 0.717) is 0 Å². The maximum Gasteiger partial charge on any atom is 2.00 e. The Hall–Kier alpha value is 2.52. The smallest absolute Gasteiger partial charge is 1.00 e. The molecule has 0 aliphatic heterocycles. The Morgan fingerprint density at radius 2 is 0.625 bits per heavy atom. The van der Waals surface area contributed by atoms with Crippen molar-refractivity contribution < 1.29 is 5.71 Å². The fourth-order valence-electron chi connectivity index (χ4n) is 1.06. The van der Waals surface area contributed by atoms with Gasteiger partial charge in [-0.3, -0.25) is 0 Å². The first kappa shape index (κ1) is 13.1. The zero-order valence-corrected chi connectivity index (χ0v) is 10.1. The van der Waals surface area contributed by atoms with Crippen LogP contribution in [0.25, 0.3) is 0 Å². The first-order valence-electron chi connectivity index (χ1n) is 3.00. The van der Waals surface area contributed by atoms with Crippen molar-refractivity contribution in [1.29, 1.82) is 0 Å². The summed E-state index contributed by atoms with van der Waals surface area (Å²) in [6.07, 6.45) is 9.00. The van der Waals surface area contributed by atoms with Gasteiger partial charge in [0.25, 0.3) is 0 Å². The van der Waals surface area contributed by atoms with Crippen molar-refractivity contribution in [2.24, 2.45) is 0 Å². The first-order valence-corrected chi connectivity index (χ1v) is 3.00. The summed E-state index contributed by atoms with van der Waals surface area (Å²) in [7, 11) is 0. The topological polar surface area (TPSA) is 0 Å². The Labute approximate surface area is 118 Å². The van der Waals surface area contributed by atoms with Crippen LogP contribution in [0.15, 0.2) is 0 Å². The fourth-order valence-corrected chi connectivity index (χ4v) is 1.06. The summed E-state index contributed by atoms with van der Waals surface area (Å²) in [6.45, 7) is 0. The van der Waals surface area contributed by atoms with Gasteiger partial charge in [-0.1, -0.05) is 38.5 Å². The van der Waals surface area contributed by atoms with Crippen molar-refractivity contribution in [3.05, 3.63) is 0 Å². The Morgan fingerprint density at radius 3 is 0.750 bits per heavy atom. The second-order valence-corrected chi connectivity index (χ2v) is 2.12. The average molecular weight is 168 g/mol. The zero-order chi connectivity index (χ0) is 4.24. The summed E-state index contributed by atoms with van der Waals surface area (Å²) >= 11 is 0. The van der Waals surface area contributed by atoms with Gasteiger partial charge in [-0.2, -0.15) is 0 Å². The van der Waals surface area contributed by atoms with Crippen LogP contribution in [0.1, 0.15) is 44.2 Å². The van der Waals surface area contributed by atoms with Crippen LogP contribution in [0, 0.1) is 0 Å². The van der Waals surface area contributed by atoms with Crippen molar-refractivity contribution >= 4 is 75.5 Å². The molecule has 0 aromatic carbocycles.